The van der Waals surface area contributed by atoms with Crippen molar-refractivity contribution in [3.05, 3.63) is 66.9 Å². The third kappa shape index (κ3) is 5.41. The number of hydrogen-bond acceptors (Lipinski definition) is 8. The fourth-order valence-corrected chi connectivity index (χ4v) is 4.99. The van der Waals surface area contributed by atoms with Gasteiger partial charge in [-0.1, -0.05) is 12.1 Å². The summed E-state index contributed by atoms with van der Waals surface area (Å²) in [6.45, 7) is 4.98. The van der Waals surface area contributed by atoms with Gasteiger partial charge in [-0.15, -0.1) is 10.2 Å². The molecule has 41 heavy (non-hydrogen) atoms. The monoisotopic (exact) mass is 554 g/mol. The smallest absolute Gasteiger partial charge is 0.407 e. The summed E-state index contributed by atoms with van der Waals surface area (Å²) < 4.78 is 9.38. The van der Waals surface area contributed by atoms with E-state index in [0.717, 1.165) is 33.2 Å². The second-order valence-electron chi connectivity index (χ2n) is 10.7. The summed E-state index contributed by atoms with van der Waals surface area (Å²) in [6, 6.07) is 13.8. The van der Waals surface area contributed by atoms with Crippen LogP contribution in [0.25, 0.3) is 33.3 Å². The Morgan fingerprint density at radius 1 is 1.02 bits per heavy atom. The molecule has 0 saturated carbocycles. The van der Waals surface area contributed by atoms with Gasteiger partial charge in [0.25, 0.3) is 0 Å². The molecule has 1 amide bonds. The fraction of sp³-hybridized carbons (Fsp3) is 0.276. The Hall–Kier alpha value is -4.97. The molecule has 5 aromatic rings. The molecule has 0 spiro atoms. The van der Waals surface area contributed by atoms with Crippen LogP contribution in [0.4, 0.5) is 16.3 Å². The lowest BCUT2D eigenvalue weighted by Gasteiger charge is -2.25. The molecule has 0 bridgehead atoms. The van der Waals surface area contributed by atoms with Gasteiger partial charge in [0.15, 0.2) is 11.6 Å². The number of fused-ring (bicyclic) bond motifs is 2. The van der Waals surface area contributed by atoms with E-state index in [1.54, 1.807) is 31.8 Å². The minimum absolute atomic E-state index is 0.206. The molecule has 0 aliphatic carbocycles. The maximum Gasteiger partial charge on any atom is 0.407 e. The predicted molar refractivity (Wildman–Crippen MR) is 153 cm³/mol. The third-order valence-electron chi connectivity index (χ3n) is 6.98. The lowest BCUT2D eigenvalue weighted by molar-refractivity contribution is 0.0577. The predicted octanol–water partition coefficient (Wildman–Crippen LogP) is 4.37. The van der Waals surface area contributed by atoms with Gasteiger partial charge in [0.2, 0.25) is 0 Å². The highest BCUT2D eigenvalue weighted by atomic mass is 16.5. The highest BCUT2D eigenvalue weighted by Gasteiger charge is 2.25. The lowest BCUT2D eigenvalue weighted by Crippen LogP contribution is -2.37. The van der Waals surface area contributed by atoms with Crippen LogP contribution in [0.2, 0.25) is 0 Å². The van der Waals surface area contributed by atoms with Crippen LogP contribution in [0.3, 0.4) is 0 Å². The molecule has 210 valence electrons. The molecular weight excluding hydrogens is 524 g/mol. The van der Waals surface area contributed by atoms with Crippen LogP contribution in [0.15, 0.2) is 61.1 Å². The molecule has 2 aromatic carbocycles. The number of ether oxygens (including phenoxy) is 1. The van der Waals surface area contributed by atoms with Crippen LogP contribution >= 0.6 is 0 Å². The Morgan fingerprint density at radius 3 is 2.63 bits per heavy atom. The van der Waals surface area contributed by atoms with Gasteiger partial charge in [0.05, 0.1) is 37.7 Å². The van der Waals surface area contributed by atoms with Crippen molar-refractivity contribution >= 4 is 28.4 Å². The molecular formula is C29H30N8O4. The topological polar surface area (TPSA) is 143 Å². The number of rotatable bonds is 7. The maximum absolute atomic E-state index is 11.3. The Bertz CT molecular complexity index is 1750. The second-order valence-corrected chi connectivity index (χ2v) is 10.7. The molecule has 0 saturated heterocycles. The number of carboxylic acid groups (broad SMARTS) is 1. The van der Waals surface area contributed by atoms with Crippen LogP contribution in [0.5, 0.6) is 5.75 Å². The van der Waals surface area contributed by atoms with E-state index in [2.05, 4.69) is 31.7 Å². The number of aromatic nitrogens is 6. The number of anilines is 2. The van der Waals surface area contributed by atoms with Crippen molar-refractivity contribution in [3.63, 3.8) is 0 Å². The largest absolute Gasteiger partial charge is 0.495 e. The first kappa shape index (κ1) is 26.3. The molecule has 0 unspecified atom stereocenters. The number of nitrogens with zero attached hydrogens (tertiary/aromatic N) is 7. The molecule has 4 heterocycles. The molecule has 6 rings (SSSR count). The van der Waals surface area contributed by atoms with Crippen molar-refractivity contribution in [1.29, 1.82) is 0 Å². The summed E-state index contributed by atoms with van der Waals surface area (Å²) in [4.78, 5) is 17.2. The van der Waals surface area contributed by atoms with Crippen molar-refractivity contribution in [2.45, 2.75) is 39.1 Å². The van der Waals surface area contributed by atoms with Crippen LogP contribution in [0.1, 0.15) is 19.7 Å². The molecule has 12 heteroatoms. The number of carbonyl (C=O) groups is 1. The third-order valence-corrected chi connectivity index (χ3v) is 6.98. The Balaban J connectivity index is 1.24. The van der Waals surface area contributed by atoms with E-state index in [9.17, 15) is 15.0 Å². The maximum atomic E-state index is 11.3. The molecule has 3 N–H and O–H groups in total. The van der Waals surface area contributed by atoms with Gasteiger partial charge in [-0.05, 0) is 55.1 Å². The van der Waals surface area contributed by atoms with E-state index in [0.29, 0.717) is 42.9 Å². The fourth-order valence-electron chi connectivity index (χ4n) is 4.99. The first-order valence-corrected chi connectivity index (χ1v) is 13.2. The average molecular weight is 555 g/mol. The summed E-state index contributed by atoms with van der Waals surface area (Å²) in [6.07, 6.45) is 4.59. The molecule has 0 fully saturated rings. The van der Waals surface area contributed by atoms with Gasteiger partial charge in [0, 0.05) is 42.0 Å². The number of pyridine rings is 1. The Morgan fingerprint density at radius 2 is 1.85 bits per heavy atom. The van der Waals surface area contributed by atoms with E-state index < -0.39 is 11.7 Å². The van der Waals surface area contributed by atoms with Gasteiger partial charge in [0.1, 0.15) is 11.6 Å². The quantitative estimate of drug-likeness (QED) is 0.267. The zero-order valence-corrected chi connectivity index (χ0v) is 22.9. The molecule has 1 aliphatic rings. The van der Waals surface area contributed by atoms with Crippen molar-refractivity contribution < 1.29 is 19.7 Å². The lowest BCUT2D eigenvalue weighted by atomic mass is 10.0. The number of benzene rings is 2. The van der Waals surface area contributed by atoms with E-state index in [-0.39, 0.29) is 6.54 Å². The normalized spacial score (nSPS) is 13.3. The first-order chi connectivity index (χ1) is 19.7. The number of aliphatic hydroxyl groups is 1. The molecule has 0 radical (unpaired) electrons. The first-order valence-electron chi connectivity index (χ1n) is 13.2. The number of methoxy groups -OCH3 is 1. The molecule has 12 nitrogen and oxygen atoms in total. The van der Waals surface area contributed by atoms with Gasteiger partial charge >= 0.3 is 6.09 Å². The summed E-state index contributed by atoms with van der Waals surface area (Å²) >= 11 is 0. The van der Waals surface area contributed by atoms with Crippen molar-refractivity contribution in [1.82, 2.24) is 34.4 Å². The Labute approximate surface area is 235 Å². The van der Waals surface area contributed by atoms with Crippen LogP contribution in [-0.2, 0) is 19.6 Å². The second kappa shape index (κ2) is 10.2. The van der Waals surface area contributed by atoms with E-state index in [4.69, 9.17) is 4.74 Å². The minimum atomic E-state index is -0.963. The van der Waals surface area contributed by atoms with E-state index in [1.165, 1.54) is 4.90 Å². The van der Waals surface area contributed by atoms with E-state index >= 15 is 0 Å². The van der Waals surface area contributed by atoms with Crippen LogP contribution in [0, 0.1) is 0 Å². The number of amides is 1. The van der Waals surface area contributed by atoms with Crippen LogP contribution in [-0.4, -0.2) is 70.0 Å². The van der Waals surface area contributed by atoms with Gasteiger partial charge in [-0.3, -0.25) is 9.58 Å². The summed E-state index contributed by atoms with van der Waals surface area (Å²) in [7, 11) is 1.60. The van der Waals surface area contributed by atoms with Gasteiger partial charge < -0.3 is 24.8 Å². The zero-order valence-electron chi connectivity index (χ0n) is 22.9. The molecule has 0 atom stereocenters. The molecule has 3 aromatic heterocycles. The van der Waals surface area contributed by atoms with Gasteiger partial charge in [-0.2, -0.15) is 5.10 Å². The number of nitrogens with one attached hydrogen (secondary N) is 1. The summed E-state index contributed by atoms with van der Waals surface area (Å²) in [5.74, 6) is 2.54. The number of hydrogen-bond donors (Lipinski definition) is 3. The standard InChI is InChI=1S/C29H30N8O4/c1-29(2,40)17-36-15-22(14-31-36)18-4-5-20-13-30-25(12-21(20)10-18)32-23-7-6-19(11-24(23)41-3)27-34-33-26-16-35(28(38)39)8-9-37(26)27/h4-7,10-15,40H,8-9,16-17H2,1-3H3,(H,30,32)(H,38,39). The average Bonchev–Trinajstić information content (AvgIpc) is 3.58. The summed E-state index contributed by atoms with van der Waals surface area (Å²) in [5, 5.41) is 37.7. The SMILES string of the molecule is COc1cc(-c2nnc3n2CCN(C(=O)O)C3)ccc1Nc1cc2cc(-c3cnn(CC(C)(C)O)c3)ccc2cn1. The van der Waals surface area contributed by atoms with Gasteiger partial charge in [-0.25, -0.2) is 9.78 Å². The summed E-state index contributed by atoms with van der Waals surface area (Å²) in [5.41, 5.74) is 2.68. The highest BCUT2D eigenvalue weighted by molar-refractivity contribution is 5.89. The molecule has 1 aliphatic heterocycles. The van der Waals surface area contributed by atoms with E-state index in [1.807, 2.05) is 53.4 Å². The zero-order chi connectivity index (χ0) is 28.7. The highest BCUT2D eigenvalue weighted by Crippen LogP contribution is 2.34. The van der Waals surface area contributed by atoms with Crippen molar-refractivity contribution in [2.75, 3.05) is 19.0 Å². The van der Waals surface area contributed by atoms with Crippen molar-refractivity contribution in [3.8, 4) is 28.3 Å². The van der Waals surface area contributed by atoms with Crippen molar-refractivity contribution in [2.24, 2.45) is 0 Å². The van der Waals surface area contributed by atoms with Crippen LogP contribution < -0.4 is 10.1 Å². The minimum Gasteiger partial charge on any atom is -0.495 e. The Kier molecular flexibility index (Phi) is 6.54.